The van der Waals surface area contributed by atoms with Crippen molar-refractivity contribution in [1.29, 1.82) is 0 Å². The Balaban J connectivity index is 2.08. The lowest BCUT2D eigenvalue weighted by Crippen LogP contribution is -1.93. The molecule has 0 saturated carbocycles. The molecule has 2 nitrogen and oxygen atoms in total. The average Bonchev–Trinajstić information content (AvgIpc) is 3.19. The number of hydrogen-bond acceptors (Lipinski definition) is 2. The van der Waals surface area contributed by atoms with Crippen LogP contribution >= 0.6 is 0 Å². The van der Waals surface area contributed by atoms with Gasteiger partial charge >= 0.3 is 0 Å². The maximum Gasteiger partial charge on any atom is 0.159 e. The molecule has 2 heteroatoms. The van der Waals surface area contributed by atoms with Crippen LogP contribution in [0.5, 0.6) is 0 Å². The van der Waals surface area contributed by atoms with Gasteiger partial charge in [-0.2, -0.15) is 0 Å². The van der Waals surface area contributed by atoms with Crippen molar-refractivity contribution in [1.82, 2.24) is 0 Å². The molecule has 0 aliphatic heterocycles. The summed E-state index contributed by atoms with van der Waals surface area (Å²) in [4.78, 5) is 0. The molecule has 0 saturated heterocycles. The van der Waals surface area contributed by atoms with E-state index < -0.39 is 0 Å². The summed E-state index contributed by atoms with van der Waals surface area (Å²) in [5.74, 6) is 0. The molecule has 0 unspecified atom stereocenters. The zero-order valence-electron chi connectivity index (χ0n) is 18.8. The van der Waals surface area contributed by atoms with Gasteiger partial charge in [0.2, 0.25) is 0 Å². The Kier molecular flexibility index (Phi) is 2.33. The normalized spacial score (nSPS) is 13.9. The van der Waals surface area contributed by atoms with Gasteiger partial charge in [0.05, 0.1) is 12.5 Å². The standard InChI is InChI=1S/C24H17NO/c25-23-20(17-11-5-2-6-12-17)15-19(16-9-3-1-4-10-16)22-18-13-7-8-14-21(18)26-24(22)23/h1-15H,25H2/i7D,8D,13D,14D,15D. The van der Waals surface area contributed by atoms with Gasteiger partial charge in [0.1, 0.15) is 5.58 Å². The van der Waals surface area contributed by atoms with E-state index in [-0.39, 0.29) is 52.5 Å². The molecular weight excluding hydrogens is 318 g/mol. The highest BCUT2D eigenvalue weighted by Gasteiger charge is 2.18. The topological polar surface area (TPSA) is 39.2 Å². The first-order chi connectivity index (χ1) is 14.9. The Hall–Kier alpha value is -3.52. The Morgan fingerprint density at radius 3 is 2.08 bits per heavy atom. The molecule has 0 aliphatic rings. The predicted molar refractivity (Wildman–Crippen MR) is 109 cm³/mol. The summed E-state index contributed by atoms with van der Waals surface area (Å²) >= 11 is 0. The second-order valence-electron chi connectivity index (χ2n) is 6.03. The summed E-state index contributed by atoms with van der Waals surface area (Å²) in [5.41, 5.74) is 9.56. The lowest BCUT2D eigenvalue weighted by atomic mass is 9.93. The summed E-state index contributed by atoms with van der Waals surface area (Å²) in [6, 6.07) is 17.6. The number of rotatable bonds is 2. The number of anilines is 1. The molecule has 5 rings (SSSR count). The second kappa shape index (κ2) is 5.78. The molecule has 0 spiro atoms. The number of benzene rings is 4. The van der Waals surface area contributed by atoms with Crippen molar-refractivity contribution in [3.63, 3.8) is 0 Å². The third-order valence-electron chi connectivity index (χ3n) is 4.47. The Morgan fingerprint density at radius 1 is 0.769 bits per heavy atom. The van der Waals surface area contributed by atoms with Gasteiger partial charge < -0.3 is 10.2 Å². The third-order valence-corrected chi connectivity index (χ3v) is 4.47. The smallest absolute Gasteiger partial charge is 0.159 e. The molecular formula is C24H17NO. The van der Waals surface area contributed by atoms with Crippen molar-refractivity contribution in [3.8, 4) is 22.3 Å². The van der Waals surface area contributed by atoms with Crippen LogP contribution in [0.4, 0.5) is 5.69 Å². The third kappa shape index (κ3) is 2.20. The number of hydrogen-bond donors (Lipinski definition) is 1. The van der Waals surface area contributed by atoms with Crippen molar-refractivity contribution in [3.05, 3.63) is 90.9 Å². The number of para-hydroxylation sites is 1. The van der Waals surface area contributed by atoms with Crippen molar-refractivity contribution in [2.45, 2.75) is 0 Å². The van der Waals surface area contributed by atoms with E-state index in [9.17, 15) is 0 Å². The second-order valence-corrected chi connectivity index (χ2v) is 6.03. The highest BCUT2D eigenvalue weighted by molar-refractivity contribution is 6.18. The summed E-state index contributed by atoms with van der Waals surface area (Å²) < 4.78 is 48.0. The molecule has 2 N–H and O–H groups in total. The number of nitrogen functional groups attached to an aromatic ring is 1. The molecule has 5 aromatic rings. The quantitative estimate of drug-likeness (QED) is 0.372. The summed E-state index contributed by atoms with van der Waals surface area (Å²) in [7, 11) is 0. The summed E-state index contributed by atoms with van der Waals surface area (Å²) in [5, 5.41) is 0.662. The molecule has 0 atom stereocenters. The van der Waals surface area contributed by atoms with Crippen LogP contribution in [-0.4, -0.2) is 0 Å². The van der Waals surface area contributed by atoms with Crippen LogP contribution in [0.1, 0.15) is 6.85 Å². The molecule has 0 bridgehead atoms. The van der Waals surface area contributed by atoms with E-state index in [1.54, 1.807) is 0 Å². The van der Waals surface area contributed by atoms with Gasteiger partial charge in [0, 0.05) is 16.3 Å². The average molecular weight is 340 g/mol. The van der Waals surface area contributed by atoms with Crippen LogP contribution in [0.25, 0.3) is 44.2 Å². The first-order valence-electron chi connectivity index (χ1n) is 10.8. The highest BCUT2D eigenvalue weighted by Crippen LogP contribution is 2.43. The van der Waals surface area contributed by atoms with E-state index >= 15 is 0 Å². The summed E-state index contributed by atoms with van der Waals surface area (Å²) in [6.07, 6.45) is 0. The molecule has 1 heterocycles. The van der Waals surface area contributed by atoms with Crippen LogP contribution in [0.15, 0.2) is 95.3 Å². The van der Waals surface area contributed by atoms with Gasteiger partial charge in [-0.05, 0) is 28.8 Å². The minimum atomic E-state index is -0.370. The van der Waals surface area contributed by atoms with E-state index in [2.05, 4.69) is 0 Å². The van der Waals surface area contributed by atoms with Crippen molar-refractivity contribution >= 4 is 27.6 Å². The minimum Gasteiger partial charge on any atom is -0.454 e. The van der Waals surface area contributed by atoms with Gasteiger partial charge in [0.25, 0.3) is 0 Å². The van der Waals surface area contributed by atoms with Gasteiger partial charge in [0.15, 0.2) is 5.58 Å². The zero-order valence-corrected chi connectivity index (χ0v) is 13.8. The fourth-order valence-electron chi connectivity index (χ4n) is 3.27. The Morgan fingerprint density at radius 2 is 1.38 bits per heavy atom. The number of nitrogens with two attached hydrogens (primary N) is 1. The van der Waals surface area contributed by atoms with Crippen molar-refractivity contribution in [2.24, 2.45) is 0 Å². The molecule has 124 valence electrons. The van der Waals surface area contributed by atoms with E-state index in [0.717, 1.165) is 11.1 Å². The minimum absolute atomic E-state index is 0.0366. The van der Waals surface area contributed by atoms with Crippen LogP contribution < -0.4 is 5.73 Å². The monoisotopic (exact) mass is 340 g/mol. The van der Waals surface area contributed by atoms with E-state index in [1.807, 2.05) is 60.7 Å². The fraction of sp³-hybridized carbons (Fsp3) is 0. The Bertz CT molecular complexity index is 1480. The lowest BCUT2D eigenvalue weighted by Gasteiger charge is -2.11. The molecule has 4 aromatic carbocycles. The van der Waals surface area contributed by atoms with Gasteiger partial charge in [-0.15, -0.1) is 0 Å². The molecule has 26 heavy (non-hydrogen) atoms. The van der Waals surface area contributed by atoms with Gasteiger partial charge in [-0.1, -0.05) is 78.8 Å². The summed E-state index contributed by atoms with van der Waals surface area (Å²) in [6.45, 7) is 0. The molecule has 1 aromatic heterocycles. The van der Waals surface area contributed by atoms with Crippen LogP contribution in [0.3, 0.4) is 0 Å². The van der Waals surface area contributed by atoms with E-state index in [1.165, 1.54) is 0 Å². The maximum atomic E-state index is 9.06. The zero-order chi connectivity index (χ0) is 21.9. The molecule has 0 fully saturated rings. The SMILES string of the molecule is [2H]c1c([2H])c([2H])c2c(oc3c(N)c(-c4ccccc4)c([2H])c(-c4ccccc4)c32)c1[2H]. The first-order valence-corrected chi connectivity index (χ1v) is 8.27. The molecule has 0 aliphatic carbocycles. The first kappa shape index (κ1) is 10.5. The maximum absolute atomic E-state index is 9.06. The van der Waals surface area contributed by atoms with E-state index in [4.69, 9.17) is 17.0 Å². The molecule has 0 radical (unpaired) electrons. The van der Waals surface area contributed by atoms with Gasteiger partial charge in [-0.25, -0.2) is 0 Å². The highest BCUT2D eigenvalue weighted by atomic mass is 16.3. The lowest BCUT2D eigenvalue weighted by molar-refractivity contribution is 0.670. The largest absolute Gasteiger partial charge is 0.454 e. The molecule has 0 amide bonds. The van der Waals surface area contributed by atoms with Crippen molar-refractivity contribution < 1.29 is 11.3 Å². The van der Waals surface area contributed by atoms with Gasteiger partial charge in [-0.3, -0.25) is 0 Å². The number of fused-ring (bicyclic) bond motifs is 3. The predicted octanol–water partition coefficient (Wildman–Crippen LogP) is 6.50. The van der Waals surface area contributed by atoms with E-state index in [0.29, 0.717) is 16.5 Å². The van der Waals surface area contributed by atoms with Crippen LogP contribution in [0.2, 0.25) is 0 Å². The number of furan rings is 1. The fourth-order valence-corrected chi connectivity index (χ4v) is 3.27. The van der Waals surface area contributed by atoms with Crippen molar-refractivity contribution in [2.75, 3.05) is 5.73 Å². The van der Waals surface area contributed by atoms with Crippen LogP contribution in [-0.2, 0) is 0 Å². The Labute approximate surface area is 158 Å². The van der Waals surface area contributed by atoms with Crippen LogP contribution in [0, 0.1) is 0 Å².